The maximum Gasteiger partial charge on any atom is 0.230 e. The SMILES string of the molecule is CCn1c(-c2ccccc2)cnc1SCC(=O)NCc1ccc(OC)c(OC)c1. The Bertz CT molecular complexity index is 957. The fourth-order valence-electron chi connectivity index (χ4n) is 2.99. The third kappa shape index (κ3) is 5.12. The molecule has 0 unspecified atom stereocenters. The molecule has 6 nitrogen and oxygen atoms in total. The van der Waals surface area contributed by atoms with Crippen molar-refractivity contribution in [2.24, 2.45) is 0 Å². The molecule has 0 aliphatic carbocycles. The summed E-state index contributed by atoms with van der Waals surface area (Å²) in [4.78, 5) is 16.8. The Hall–Kier alpha value is -2.93. The molecular formula is C22H25N3O3S. The van der Waals surface area contributed by atoms with Gasteiger partial charge in [0.05, 0.1) is 31.9 Å². The molecule has 7 heteroatoms. The number of hydrogen-bond donors (Lipinski definition) is 1. The molecule has 29 heavy (non-hydrogen) atoms. The maximum atomic E-state index is 12.3. The number of carbonyl (C=O) groups excluding carboxylic acids is 1. The first-order chi connectivity index (χ1) is 14.2. The highest BCUT2D eigenvalue weighted by atomic mass is 32.2. The number of hydrogen-bond acceptors (Lipinski definition) is 5. The predicted octanol–water partition coefficient (Wildman–Crippen LogP) is 4.00. The Labute approximate surface area is 175 Å². The summed E-state index contributed by atoms with van der Waals surface area (Å²) in [7, 11) is 3.19. The van der Waals surface area contributed by atoms with E-state index in [1.165, 1.54) is 11.8 Å². The number of aromatic nitrogens is 2. The number of amides is 1. The van der Waals surface area contributed by atoms with E-state index in [0.717, 1.165) is 28.5 Å². The largest absolute Gasteiger partial charge is 0.493 e. The fraction of sp³-hybridized carbons (Fsp3) is 0.273. The molecule has 1 amide bonds. The Morgan fingerprint density at radius 1 is 1.10 bits per heavy atom. The van der Waals surface area contributed by atoms with E-state index in [1.54, 1.807) is 14.2 Å². The standard InChI is InChI=1S/C22H25N3O3S/c1-4-25-18(17-8-6-5-7-9-17)14-24-22(25)29-15-21(26)23-13-16-10-11-19(27-2)20(12-16)28-3/h5-12,14H,4,13,15H2,1-3H3,(H,23,26). The van der Waals surface area contributed by atoms with Gasteiger partial charge in [-0.1, -0.05) is 48.2 Å². The lowest BCUT2D eigenvalue weighted by Gasteiger charge is -2.11. The number of nitrogens with one attached hydrogen (secondary N) is 1. The molecule has 0 saturated heterocycles. The molecule has 3 rings (SSSR count). The van der Waals surface area contributed by atoms with Crippen molar-refractivity contribution in [2.75, 3.05) is 20.0 Å². The Kier molecular flexibility index (Phi) is 7.19. The molecule has 1 aromatic heterocycles. The molecular weight excluding hydrogens is 386 g/mol. The Morgan fingerprint density at radius 2 is 1.86 bits per heavy atom. The van der Waals surface area contributed by atoms with Gasteiger partial charge in [-0.25, -0.2) is 4.98 Å². The Morgan fingerprint density at radius 3 is 2.55 bits per heavy atom. The number of thioether (sulfide) groups is 1. The van der Waals surface area contributed by atoms with Crippen molar-refractivity contribution in [3.63, 3.8) is 0 Å². The predicted molar refractivity (Wildman–Crippen MR) is 115 cm³/mol. The minimum atomic E-state index is -0.0447. The first-order valence-corrected chi connectivity index (χ1v) is 10.4. The van der Waals surface area contributed by atoms with Crippen LogP contribution in [-0.2, 0) is 17.9 Å². The van der Waals surface area contributed by atoms with Crippen LogP contribution in [0.3, 0.4) is 0 Å². The van der Waals surface area contributed by atoms with Crippen LogP contribution in [0.4, 0.5) is 0 Å². The van der Waals surface area contributed by atoms with Crippen molar-refractivity contribution in [2.45, 2.75) is 25.2 Å². The molecule has 0 spiro atoms. The molecule has 152 valence electrons. The average molecular weight is 412 g/mol. The van der Waals surface area contributed by atoms with Gasteiger partial charge >= 0.3 is 0 Å². The van der Waals surface area contributed by atoms with Gasteiger partial charge in [0.2, 0.25) is 5.91 Å². The van der Waals surface area contributed by atoms with Crippen LogP contribution in [0, 0.1) is 0 Å². The van der Waals surface area contributed by atoms with Crippen molar-refractivity contribution >= 4 is 17.7 Å². The lowest BCUT2D eigenvalue weighted by Crippen LogP contribution is -2.24. The fourth-order valence-corrected chi connectivity index (χ4v) is 3.86. The summed E-state index contributed by atoms with van der Waals surface area (Å²) < 4.78 is 12.7. The third-order valence-corrected chi connectivity index (χ3v) is 5.47. The summed E-state index contributed by atoms with van der Waals surface area (Å²) >= 11 is 1.44. The molecule has 0 atom stereocenters. The highest BCUT2D eigenvalue weighted by molar-refractivity contribution is 7.99. The van der Waals surface area contributed by atoms with Crippen molar-refractivity contribution in [3.05, 3.63) is 60.3 Å². The smallest absolute Gasteiger partial charge is 0.230 e. The van der Waals surface area contributed by atoms with Crippen molar-refractivity contribution in [1.29, 1.82) is 0 Å². The van der Waals surface area contributed by atoms with Crippen LogP contribution in [0.5, 0.6) is 11.5 Å². The van der Waals surface area contributed by atoms with Gasteiger partial charge in [-0.05, 0) is 30.2 Å². The lowest BCUT2D eigenvalue weighted by molar-refractivity contribution is -0.118. The Balaban J connectivity index is 1.58. The van der Waals surface area contributed by atoms with E-state index in [0.29, 0.717) is 23.8 Å². The summed E-state index contributed by atoms with van der Waals surface area (Å²) in [5.74, 6) is 1.57. The minimum absolute atomic E-state index is 0.0447. The number of ether oxygens (including phenoxy) is 2. The number of rotatable bonds is 9. The number of methoxy groups -OCH3 is 2. The normalized spacial score (nSPS) is 10.6. The summed E-state index contributed by atoms with van der Waals surface area (Å²) in [6.07, 6.45) is 1.86. The first kappa shape index (κ1) is 20.8. The molecule has 0 bridgehead atoms. The second-order valence-electron chi connectivity index (χ2n) is 6.29. The summed E-state index contributed by atoms with van der Waals surface area (Å²) in [6.45, 7) is 3.30. The lowest BCUT2D eigenvalue weighted by atomic mass is 10.2. The van der Waals surface area contributed by atoms with E-state index in [4.69, 9.17) is 9.47 Å². The number of imidazole rings is 1. The summed E-state index contributed by atoms with van der Waals surface area (Å²) in [6, 6.07) is 15.7. The van der Waals surface area contributed by atoms with Gasteiger partial charge in [0.25, 0.3) is 0 Å². The van der Waals surface area contributed by atoms with Crippen LogP contribution in [-0.4, -0.2) is 35.4 Å². The van der Waals surface area contributed by atoms with Gasteiger partial charge in [0.1, 0.15) is 0 Å². The molecule has 0 aliphatic heterocycles. The van der Waals surface area contributed by atoms with Crippen LogP contribution in [0.2, 0.25) is 0 Å². The second-order valence-corrected chi connectivity index (χ2v) is 7.23. The summed E-state index contributed by atoms with van der Waals surface area (Å²) in [5, 5.41) is 3.78. The van der Waals surface area contributed by atoms with Gasteiger partial charge in [0.15, 0.2) is 16.7 Å². The van der Waals surface area contributed by atoms with Gasteiger partial charge < -0.3 is 19.4 Å². The van der Waals surface area contributed by atoms with Gasteiger partial charge in [-0.15, -0.1) is 0 Å². The molecule has 2 aromatic carbocycles. The average Bonchev–Trinajstić information content (AvgIpc) is 3.19. The quantitative estimate of drug-likeness (QED) is 0.539. The van der Waals surface area contributed by atoms with E-state index in [-0.39, 0.29) is 5.91 Å². The first-order valence-electron chi connectivity index (χ1n) is 9.37. The van der Waals surface area contributed by atoms with Crippen LogP contribution < -0.4 is 14.8 Å². The van der Waals surface area contributed by atoms with E-state index in [2.05, 4.69) is 33.9 Å². The van der Waals surface area contributed by atoms with Crippen LogP contribution in [0.15, 0.2) is 59.9 Å². The zero-order valence-electron chi connectivity index (χ0n) is 16.8. The van der Waals surface area contributed by atoms with Crippen LogP contribution >= 0.6 is 11.8 Å². The van der Waals surface area contributed by atoms with Crippen molar-refractivity contribution in [3.8, 4) is 22.8 Å². The minimum Gasteiger partial charge on any atom is -0.493 e. The molecule has 0 aliphatic rings. The third-order valence-electron chi connectivity index (χ3n) is 4.47. The number of benzene rings is 2. The van der Waals surface area contributed by atoms with Crippen molar-refractivity contribution in [1.82, 2.24) is 14.9 Å². The molecule has 3 aromatic rings. The molecule has 1 heterocycles. The zero-order chi connectivity index (χ0) is 20.6. The van der Waals surface area contributed by atoms with Crippen LogP contribution in [0.25, 0.3) is 11.3 Å². The van der Waals surface area contributed by atoms with E-state index >= 15 is 0 Å². The molecule has 0 fully saturated rings. The van der Waals surface area contributed by atoms with Gasteiger partial charge in [-0.2, -0.15) is 0 Å². The van der Waals surface area contributed by atoms with E-state index in [9.17, 15) is 4.79 Å². The van der Waals surface area contributed by atoms with Gasteiger partial charge in [0, 0.05) is 13.1 Å². The van der Waals surface area contributed by atoms with E-state index in [1.807, 2.05) is 42.6 Å². The maximum absolute atomic E-state index is 12.3. The van der Waals surface area contributed by atoms with Gasteiger partial charge in [-0.3, -0.25) is 4.79 Å². The summed E-state index contributed by atoms with van der Waals surface area (Å²) in [5.41, 5.74) is 3.12. The highest BCUT2D eigenvalue weighted by Gasteiger charge is 2.13. The zero-order valence-corrected chi connectivity index (χ0v) is 17.7. The molecule has 0 radical (unpaired) electrons. The molecule has 1 N–H and O–H groups in total. The second kappa shape index (κ2) is 10.0. The molecule has 0 saturated carbocycles. The van der Waals surface area contributed by atoms with E-state index < -0.39 is 0 Å². The monoisotopic (exact) mass is 411 g/mol. The topological polar surface area (TPSA) is 65.4 Å². The number of nitrogens with zero attached hydrogens (tertiary/aromatic N) is 2. The highest BCUT2D eigenvalue weighted by Crippen LogP contribution is 2.28. The van der Waals surface area contributed by atoms with Crippen molar-refractivity contribution < 1.29 is 14.3 Å². The number of carbonyl (C=O) groups is 1. The van der Waals surface area contributed by atoms with Crippen LogP contribution in [0.1, 0.15) is 12.5 Å².